The molecule has 1 rings (SSSR count). The summed E-state index contributed by atoms with van der Waals surface area (Å²) in [4.78, 5) is 23.1. The highest BCUT2D eigenvalue weighted by Crippen LogP contribution is 2.11. The molecule has 1 amide bonds. The first-order valence-corrected chi connectivity index (χ1v) is 6.28. The first-order valence-electron chi connectivity index (χ1n) is 6.28. The molecular weight excluding hydrogens is 244 g/mol. The summed E-state index contributed by atoms with van der Waals surface area (Å²) in [5.41, 5.74) is 1.13. The first-order chi connectivity index (χ1) is 9.08. The summed E-state index contributed by atoms with van der Waals surface area (Å²) in [6, 6.07) is 6.61. The largest absolute Gasteiger partial charge is 0.465 e. The van der Waals surface area contributed by atoms with E-state index in [2.05, 4.69) is 15.4 Å². The van der Waals surface area contributed by atoms with E-state index < -0.39 is 5.97 Å². The van der Waals surface area contributed by atoms with E-state index >= 15 is 0 Å². The summed E-state index contributed by atoms with van der Waals surface area (Å²) in [6.07, 6.45) is 0. The molecule has 1 unspecified atom stereocenters. The van der Waals surface area contributed by atoms with Gasteiger partial charge >= 0.3 is 5.97 Å². The molecule has 0 fully saturated rings. The highest BCUT2D eigenvalue weighted by Gasteiger charge is 2.12. The van der Waals surface area contributed by atoms with E-state index in [4.69, 9.17) is 0 Å². The molecule has 2 N–H and O–H groups in total. The van der Waals surface area contributed by atoms with Gasteiger partial charge in [-0.2, -0.15) is 0 Å². The number of rotatable bonds is 6. The second kappa shape index (κ2) is 7.53. The van der Waals surface area contributed by atoms with E-state index in [-0.39, 0.29) is 11.8 Å². The molecule has 0 heterocycles. The van der Waals surface area contributed by atoms with Gasteiger partial charge in [0.05, 0.1) is 12.7 Å². The van der Waals surface area contributed by atoms with Crippen molar-refractivity contribution < 1.29 is 14.3 Å². The van der Waals surface area contributed by atoms with Crippen LogP contribution in [-0.2, 0) is 9.53 Å². The molecule has 0 radical (unpaired) electrons. The van der Waals surface area contributed by atoms with Crippen LogP contribution in [0.4, 0.5) is 5.69 Å². The molecule has 0 aliphatic carbocycles. The number of methoxy groups -OCH3 is 1. The maximum atomic E-state index is 11.9. The van der Waals surface area contributed by atoms with Crippen molar-refractivity contribution in [1.82, 2.24) is 5.32 Å². The molecule has 1 aromatic rings. The Morgan fingerprint density at radius 1 is 1.26 bits per heavy atom. The second-order valence-electron chi connectivity index (χ2n) is 4.27. The zero-order valence-corrected chi connectivity index (χ0v) is 11.5. The molecule has 1 atom stereocenters. The zero-order valence-electron chi connectivity index (χ0n) is 11.5. The molecule has 1 aromatic carbocycles. The van der Waals surface area contributed by atoms with E-state index in [9.17, 15) is 9.59 Å². The number of hydrogen-bond donors (Lipinski definition) is 2. The Morgan fingerprint density at radius 2 is 1.89 bits per heavy atom. The van der Waals surface area contributed by atoms with Gasteiger partial charge in [0.25, 0.3) is 0 Å². The zero-order chi connectivity index (χ0) is 14.3. The monoisotopic (exact) mass is 264 g/mol. The quantitative estimate of drug-likeness (QED) is 0.767. The topological polar surface area (TPSA) is 67.4 Å². The van der Waals surface area contributed by atoms with Crippen molar-refractivity contribution in [2.45, 2.75) is 13.8 Å². The van der Waals surface area contributed by atoms with Gasteiger partial charge < -0.3 is 15.4 Å². The fraction of sp³-hybridized carbons (Fsp3) is 0.429. The van der Waals surface area contributed by atoms with E-state index in [0.29, 0.717) is 17.8 Å². The van der Waals surface area contributed by atoms with Crippen LogP contribution in [0.5, 0.6) is 0 Å². The molecule has 0 aliphatic rings. The predicted molar refractivity (Wildman–Crippen MR) is 74.1 cm³/mol. The van der Waals surface area contributed by atoms with E-state index in [1.807, 2.05) is 13.8 Å². The van der Waals surface area contributed by atoms with Crippen molar-refractivity contribution >= 4 is 17.6 Å². The lowest BCUT2D eigenvalue weighted by Crippen LogP contribution is -2.30. The maximum Gasteiger partial charge on any atom is 0.337 e. The Balaban J connectivity index is 2.57. The normalized spacial score (nSPS) is 11.7. The molecular formula is C14H20N2O3. The number of benzene rings is 1. The van der Waals surface area contributed by atoms with Crippen molar-refractivity contribution in [2.24, 2.45) is 5.92 Å². The van der Waals surface area contributed by atoms with Gasteiger partial charge in [0.2, 0.25) is 5.91 Å². The van der Waals surface area contributed by atoms with Gasteiger partial charge in [-0.15, -0.1) is 0 Å². The van der Waals surface area contributed by atoms with Crippen LogP contribution >= 0.6 is 0 Å². The summed E-state index contributed by atoms with van der Waals surface area (Å²) in [5.74, 6) is -0.551. The molecule has 5 heteroatoms. The summed E-state index contributed by atoms with van der Waals surface area (Å²) >= 11 is 0. The number of carbonyl (C=O) groups excluding carboxylic acids is 2. The number of hydrogen-bond acceptors (Lipinski definition) is 4. The number of esters is 1. The Hall–Kier alpha value is -1.88. The SMILES string of the molecule is CCNCC(C)C(=O)Nc1ccc(C(=O)OC)cc1. The van der Waals surface area contributed by atoms with Crippen LogP contribution in [-0.4, -0.2) is 32.1 Å². The third kappa shape index (κ3) is 4.71. The first kappa shape index (κ1) is 15.2. The van der Waals surface area contributed by atoms with Crippen LogP contribution in [0.3, 0.4) is 0 Å². The molecule has 0 aliphatic heterocycles. The van der Waals surface area contributed by atoms with E-state index in [1.165, 1.54) is 7.11 Å². The van der Waals surface area contributed by atoms with Crippen molar-refractivity contribution in [2.75, 3.05) is 25.5 Å². The van der Waals surface area contributed by atoms with Gasteiger partial charge in [-0.25, -0.2) is 4.79 Å². The molecule has 104 valence electrons. The van der Waals surface area contributed by atoms with E-state index in [0.717, 1.165) is 6.54 Å². The molecule has 0 spiro atoms. The van der Waals surface area contributed by atoms with Gasteiger partial charge in [0, 0.05) is 18.2 Å². The number of amides is 1. The third-order valence-corrected chi connectivity index (χ3v) is 2.72. The Kier molecular flexibility index (Phi) is 6.02. The Morgan fingerprint density at radius 3 is 2.42 bits per heavy atom. The van der Waals surface area contributed by atoms with Gasteiger partial charge in [0.1, 0.15) is 0 Å². The lowest BCUT2D eigenvalue weighted by Gasteiger charge is -2.12. The minimum Gasteiger partial charge on any atom is -0.465 e. The minimum absolute atomic E-state index is 0.0493. The minimum atomic E-state index is -0.390. The Labute approximate surface area is 113 Å². The summed E-state index contributed by atoms with van der Waals surface area (Å²) in [6.45, 7) is 5.34. The molecule has 0 aromatic heterocycles. The van der Waals surface area contributed by atoms with Crippen LogP contribution in [0.15, 0.2) is 24.3 Å². The van der Waals surface area contributed by atoms with Crippen molar-refractivity contribution in [3.8, 4) is 0 Å². The van der Waals surface area contributed by atoms with Crippen LogP contribution < -0.4 is 10.6 Å². The van der Waals surface area contributed by atoms with Crippen molar-refractivity contribution in [3.05, 3.63) is 29.8 Å². The summed E-state index contributed by atoms with van der Waals surface area (Å²) < 4.78 is 4.61. The number of carbonyl (C=O) groups is 2. The maximum absolute atomic E-state index is 11.9. The third-order valence-electron chi connectivity index (χ3n) is 2.72. The van der Waals surface area contributed by atoms with Crippen molar-refractivity contribution in [3.63, 3.8) is 0 Å². The van der Waals surface area contributed by atoms with E-state index in [1.54, 1.807) is 24.3 Å². The number of anilines is 1. The van der Waals surface area contributed by atoms with Crippen LogP contribution in [0, 0.1) is 5.92 Å². The highest BCUT2D eigenvalue weighted by atomic mass is 16.5. The lowest BCUT2D eigenvalue weighted by molar-refractivity contribution is -0.119. The van der Waals surface area contributed by atoms with Crippen molar-refractivity contribution in [1.29, 1.82) is 0 Å². The average Bonchev–Trinajstić information content (AvgIpc) is 2.44. The van der Waals surface area contributed by atoms with Crippen LogP contribution in [0.2, 0.25) is 0 Å². The molecule has 19 heavy (non-hydrogen) atoms. The smallest absolute Gasteiger partial charge is 0.337 e. The highest BCUT2D eigenvalue weighted by molar-refractivity contribution is 5.94. The van der Waals surface area contributed by atoms with Crippen LogP contribution in [0.1, 0.15) is 24.2 Å². The van der Waals surface area contributed by atoms with Gasteiger partial charge in [-0.1, -0.05) is 13.8 Å². The fourth-order valence-corrected chi connectivity index (χ4v) is 1.53. The summed E-state index contributed by atoms with van der Waals surface area (Å²) in [5, 5.41) is 5.93. The number of ether oxygens (including phenoxy) is 1. The van der Waals surface area contributed by atoms with Gasteiger partial charge in [-0.3, -0.25) is 4.79 Å². The Bertz CT molecular complexity index is 429. The molecule has 0 saturated carbocycles. The predicted octanol–water partition coefficient (Wildman–Crippen LogP) is 1.66. The summed E-state index contributed by atoms with van der Waals surface area (Å²) in [7, 11) is 1.33. The average molecular weight is 264 g/mol. The number of nitrogens with one attached hydrogen (secondary N) is 2. The molecule has 0 bridgehead atoms. The standard InChI is InChI=1S/C14H20N2O3/c1-4-15-9-10(2)13(17)16-12-7-5-11(6-8-12)14(18)19-3/h5-8,10,15H,4,9H2,1-3H3,(H,16,17). The lowest BCUT2D eigenvalue weighted by atomic mass is 10.1. The van der Waals surface area contributed by atoms with Gasteiger partial charge in [-0.05, 0) is 30.8 Å². The second-order valence-corrected chi connectivity index (χ2v) is 4.27. The van der Waals surface area contributed by atoms with Gasteiger partial charge in [0.15, 0.2) is 0 Å². The molecule has 5 nitrogen and oxygen atoms in total. The van der Waals surface area contributed by atoms with Crippen LogP contribution in [0.25, 0.3) is 0 Å². The molecule has 0 saturated heterocycles. The fourth-order valence-electron chi connectivity index (χ4n) is 1.53.